The summed E-state index contributed by atoms with van der Waals surface area (Å²) in [6.45, 7) is 9.52. The van der Waals surface area contributed by atoms with Crippen LogP contribution in [0.25, 0.3) is 0 Å². The van der Waals surface area contributed by atoms with Gasteiger partial charge < -0.3 is 15.0 Å². The number of aryl methyl sites for hydroxylation is 1. The quantitative estimate of drug-likeness (QED) is 0.314. The van der Waals surface area contributed by atoms with Crippen LogP contribution in [0.2, 0.25) is 0 Å². The molecule has 0 spiro atoms. The van der Waals surface area contributed by atoms with Crippen LogP contribution in [-0.2, 0) is 4.74 Å². The molecule has 0 saturated heterocycles. The highest BCUT2D eigenvalue weighted by Gasteiger charge is 2.26. The van der Waals surface area contributed by atoms with Crippen molar-refractivity contribution >= 4 is 40.0 Å². The first-order valence-corrected chi connectivity index (χ1v) is 9.25. The predicted molar refractivity (Wildman–Crippen MR) is 99.9 cm³/mol. The van der Waals surface area contributed by atoms with Crippen molar-refractivity contribution in [2.45, 2.75) is 30.4 Å². The van der Waals surface area contributed by atoms with Gasteiger partial charge in [-0.3, -0.25) is 4.79 Å². The summed E-state index contributed by atoms with van der Waals surface area (Å²) in [4.78, 5) is 27.6. The first-order valence-electron chi connectivity index (χ1n) is 7.55. The Morgan fingerprint density at radius 3 is 2.80 bits per heavy atom. The van der Waals surface area contributed by atoms with Crippen molar-refractivity contribution in [3.63, 3.8) is 0 Å². The van der Waals surface area contributed by atoms with Gasteiger partial charge in [-0.25, -0.2) is 4.79 Å². The van der Waals surface area contributed by atoms with E-state index < -0.39 is 5.97 Å². The number of thioether (sulfide) groups is 1. The van der Waals surface area contributed by atoms with E-state index in [9.17, 15) is 9.59 Å². The normalized spacial score (nSPS) is 11.8. The average Bonchev–Trinajstić information content (AvgIpc) is 3.15. The molecule has 0 saturated carbocycles. The molecular weight excluding hydrogens is 360 g/mol. The van der Waals surface area contributed by atoms with Crippen LogP contribution in [0.15, 0.2) is 17.0 Å². The second kappa shape index (κ2) is 8.30. The molecule has 134 valence electrons. The fourth-order valence-electron chi connectivity index (χ4n) is 2.30. The number of methoxy groups -OCH3 is 1. The fraction of sp³-hybridized carbons (Fsp3) is 0.375. The Kier molecular flexibility index (Phi) is 6.38. The van der Waals surface area contributed by atoms with Gasteiger partial charge in [0.1, 0.15) is 0 Å². The smallest absolute Gasteiger partial charge is 0.339 e. The Hall–Kier alpha value is -2.13. The van der Waals surface area contributed by atoms with E-state index in [2.05, 4.69) is 27.1 Å². The first kappa shape index (κ1) is 19.2. The lowest BCUT2D eigenvalue weighted by Crippen LogP contribution is -2.15. The third-order valence-corrected chi connectivity index (χ3v) is 5.59. The lowest BCUT2D eigenvalue weighted by Gasteiger charge is -2.07. The van der Waals surface area contributed by atoms with Gasteiger partial charge in [-0.2, -0.15) is 0 Å². The second-order valence-electron chi connectivity index (χ2n) is 5.28. The lowest BCUT2D eigenvalue weighted by molar-refractivity contribution is 0.0599. The van der Waals surface area contributed by atoms with Crippen LogP contribution in [-0.4, -0.2) is 45.8 Å². The molecule has 0 aliphatic heterocycles. The van der Waals surface area contributed by atoms with Gasteiger partial charge in [0.05, 0.1) is 23.6 Å². The van der Waals surface area contributed by atoms with Gasteiger partial charge in [0, 0.05) is 12.2 Å². The van der Waals surface area contributed by atoms with Gasteiger partial charge in [0.25, 0.3) is 0 Å². The lowest BCUT2D eigenvalue weighted by atomic mass is 10.1. The number of anilines is 1. The molecule has 0 aliphatic rings. The van der Waals surface area contributed by atoms with E-state index in [1.165, 1.54) is 30.2 Å². The molecule has 2 rings (SSSR count). The number of H-pyrrole nitrogens is 1. The minimum absolute atomic E-state index is 0.100. The largest absolute Gasteiger partial charge is 0.465 e. The first-order chi connectivity index (χ1) is 11.9. The molecule has 0 bridgehead atoms. The topological polar surface area (TPSA) is 97.0 Å². The molecule has 2 heterocycles. The van der Waals surface area contributed by atoms with Crippen molar-refractivity contribution in [2.24, 2.45) is 0 Å². The van der Waals surface area contributed by atoms with E-state index in [1.807, 2.05) is 0 Å². The Morgan fingerprint density at radius 1 is 1.44 bits per heavy atom. The Bertz CT molecular complexity index is 797. The van der Waals surface area contributed by atoms with Gasteiger partial charge in [0.2, 0.25) is 5.13 Å². The van der Waals surface area contributed by atoms with Crippen molar-refractivity contribution in [1.29, 1.82) is 0 Å². The van der Waals surface area contributed by atoms with E-state index in [4.69, 9.17) is 4.74 Å². The number of esters is 1. The SMILES string of the molecule is C=CCNc1nnc(S[C@H](C)C(=O)c2[nH]c(C)c(C(=O)OC)c2C)s1. The molecule has 2 aromatic heterocycles. The molecule has 0 radical (unpaired) electrons. The summed E-state index contributed by atoms with van der Waals surface area (Å²) in [5.74, 6) is -0.552. The molecule has 9 heteroatoms. The minimum Gasteiger partial charge on any atom is -0.465 e. The van der Waals surface area contributed by atoms with Crippen LogP contribution in [0.4, 0.5) is 5.13 Å². The number of nitrogens with one attached hydrogen (secondary N) is 2. The average molecular weight is 380 g/mol. The number of ketones is 1. The maximum absolute atomic E-state index is 12.7. The van der Waals surface area contributed by atoms with Crippen molar-refractivity contribution < 1.29 is 14.3 Å². The number of ether oxygens (including phenoxy) is 1. The summed E-state index contributed by atoms with van der Waals surface area (Å²) < 4.78 is 5.47. The number of hydrogen-bond donors (Lipinski definition) is 2. The maximum Gasteiger partial charge on any atom is 0.339 e. The maximum atomic E-state index is 12.7. The molecule has 0 amide bonds. The molecule has 0 fully saturated rings. The van der Waals surface area contributed by atoms with Gasteiger partial charge in [-0.1, -0.05) is 29.2 Å². The molecule has 2 aromatic rings. The van der Waals surface area contributed by atoms with Crippen LogP contribution in [0.1, 0.15) is 39.0 Å². The van der Waals surface area contributed by atoms with Gasteiger partial charge in [-0.15, -0.1) is 16.8 Å². The molecular formula is C16H20N4O3S2. The zero-order chi connectivity index (χ0) is 18.6. The molecule has 0 aliphatic carbocycles. The number of aromatic nitrogens is 3. The van der Waals surface area contributed by atoms with Crippen molar-refractivity contribution in [3.8, 4) is 0 Å². The fourth-order valence-corrected chi connectivity index (χ4v) is 4.26. The van der Waals surface area contributed by atoms with Crippen molar-refractivity contribution in [1.82, 2.24) is 15.2 Å². The van der Waals surface area contributed by atoms with E-state index in [0.29, 0.717) is 38.5 Å². The number of aromatic amines is 1. The standard InChI is InChI=1S/C16H20N4O3S2/c1-6-7-17-15-19-20-16(25-15)24-10(4)13(21)12-8(2)11(9(3)18-12)14(22)23-5/h6,10,18H,1,7H2,2-5H3,(H,17,19)/t10-/m1/s1. The molecule has 0 aromatic carbocycles. The molecule has 1 atom stereocenters. The van der Waals surface area contributed by atoms with E-state index >= 15 is 0 Å². The van der Waals surface area contributed by atoms with E-state index in [0.717, 1.165) is 0 Å². The summed E-state index contributed by atoms with van der Waals surface area (Å²) in [5, 5.41) is 11.5. The van der Waals surface area contributed by atoms with Crippen molar-refractivity contribution in [2.75, 3.05) is 19.0 Å². The highest BCUT2D eigenvalue weighted by atomic mass is 32.2. The van der Waals surface area contributed by atoms with Crippen LogP contribution in [0, 0.1) is 13.8 Å². The number of nitrogens with zero attached hydrogens (tertiary/aromatic N) is 2. The monoisotopic (exact) mass is 380 g/mol. The van der Waals surface area contributed by atoms with Gasteiger partial charge in [0.15, 0.2) is 10.1 Å². The van der Waals surface area contributed by atoms with Crippen LogP contribution < -0.4 is 5.32 Å². The Morgan fingerprint density at radius 2 is 2.16 bits per heavy atom. The highest BCUT2D eigenvalue weighted by Crippen LogP contribution is 2.31. The van der Waals surface area contributed by atoms with Crippen LogP contribution >= 0.6 is 23.1 Å². The minimum atomic E-state index is -0.451. The number of hydrogen-bond acceptors (Lipinski definition) is 8. The van der Waals surface area contributed by atoms with E-state index in [1.54, 1.807) is 26.8 Å². The second-order valence-corrected chi connectivity index (χ2v) is 7.85. The Labute approximate surface area is 154 Å². The summed E-state index contributed by atoms with van der Waals surface area (Å²) in [6, 6.07) is 0. The highest BCUT2D eigenvalue weighted by molar-refractivity contribution is 8.02. The number of rotatable bonds is 8. The van der Waals surface area contributed by atoms with Gasteiger partial charge >= 0.3 is 5.97 Å². The molecule has 2 N–H and O–H groups in total. The summed E-state index contributed by atoms with van der Waals surface area (Å²) in [6.07, 6.45) is 1.73. The third-order valence-electron chi connectivity index (χ3n) is 3.52. The van der Waals surface area contributed by atoms with Crippen LogP contribution in [0.5, 0.6) is 0 Å². The third kappa shape index (κ3) is 4.29. The summed E-state index contributed by atoms with van der Waals surface area (Å²) in [7, 11) is 1.32. The summed E-state index contributed by atoms with van der Waals surface area (Å²) >= 11 is 2.71. The predicted octanol–water partition coefficient (Wildman–Crippen LogP) is 3.23. The number of carbonyl (C=O) groups is 2. The number of carbonyl (C=O) groups excluding carboxylic acids is 2. The van der Waals surface area contributed by atoms with Gasteiger partial charge in [-0.05, 0) is 26.3 Å². The molecule has 0 unspecified atom stereocenters. The Balaban J connectivity index is 2.13. The number of Topliss-reactive ketones (excluding diaryl/α,β-unsaturated/α-hetero) is 1. The molecule has 25 heavy (non-hydrogen) atoms. The molecule has 7 nitrogen and oxygen atoms in total. The zero-order valence-electron chi connectivity index (χ0n) is 14.5. The zero-order valence-corrected chi connectivity index (χ0v) is 16.1. The summed E-state index contributed by atoms with van der Waals surface area (Å²) in [5.41, 5.74) is 2.06. The van der Waals surface area contributed by atoms with E-state index in [-0.39, 0.29) is 11.0 Å². The van der Waals surface area contributed by atoms with Crippen molar-refractivity contribution in [3.05, 3.63) is 35.2 Å². The van der Waals surface area contributed by atoms with Crippen LogP contribution in [0.3, 0.4) is 0 Å².